The zero-order valence-electron chi connectivity index (χ0n) is 26.7. The molecule has 1 aliphatic rings. The SMILES string of the molecule is CCCCCCCCCCCCC(C)CN(CC(O)CCCCCCCCCCCC)N1CCN(C)CC1. The van der Waals surface area contributed by atoms with Crippen molar-refractivity contribution in [2.75, 3.05) is 46.3 Å². The molecule has 4 heteroatoms. The van der Waals surface area contributed by atoms with Gasteiger partial charge in [-0.05, 0) is 25.8 Å². The van der Waals surface area contributed by atoms with Crippen LogP contribution >= 0.6 is 0 Å². The molecular weight excluding hydrogens is 466 g/mol. The van der Waals surface area contributed by atoms with Crippen LogP contribution in [0.15, 0.2) is 0 Å². The molecule has 2 unspecified atom stereocenters. The minimum absolute atomic E-state index is 0.187. The maximum atomic E-state index is 10.9. The van der Waals surface area contributed by atoms with Crippen molar-refractivity contribution in [3.8, 4) is 0 Å². The van der Waals surface area contributed by atoms with Crippen LogP contribution < -0.4 is 0 Å². The largest absolute Gasteiger partial charge is 0.392 e. The van der Waals surface area contributed by atoms with E-state index in [-0.39, 0.29) is 6.10 Å². The molecule has 0 radical (unpaired) electrons. The van der Waals surface area contributed by atoms with Crippen LogP contribution in [0.25, 0.3) is 0 Å². The predicted octanol–water partition coefficient (Wildman–Crippen LogP) is 9.07. The van der Waals surface area contributed by atoms with Crippen LogP contribution in [0.3, 0.4) is 0 Å². The topological polar surface area (TPSA) is 30.0 Å². The van der Waals surface area contributed by atoms with Crippen molar-refractivity contribution in [1.82, 2.24) is 14.9 Å². The number of rotatable bonds is 27. The molecule has 0 aromatic carbocycles. The first-order chi connectivity index (χ1) is 18.6. The average molecular weight is 538 g/mol. The molecule has 0 aromatic heterocycles. The summed E-state index contributed by atoms with van der Waals surface area (Å²) in [5.74, 6) is 0.702. The van der Waals surface area contributed by atoms with Crippen molar-refractivity contribution in [3.05, 3.63) is 0 Å². The summed E-state index contributed by atoms with van der Waals surface area (Å²) in [6, 6.07) is 0. The Labute approximate surface area is 240 Å². The number of aliphatic hydroxyl groups is 1. The van der Waals surface area contributed by atoms with Crippen LogP contribution in [0.5, 0.6) is 0 Å². The van der Waals surface area contributed by atoms with Gasteiger partial charge in [0.1, 0.15) is 0 Å². The smallest absolute Gasteiger partial charge is 0.0681 e. The highest BCUT2D eigenvalue weighted by atomic mass is 16.3. The third-order valence-electron chi connectivity index (χ3n) is 8.76. The Balaban J connectivity index is 2.22. The van der Waals surface area contributed by atoms with E-state index in [9.17, 15) is 5.11 Å². The number of hydrogen-bond donors (Lipinski definition) is 1. The third-order valence-corrected chi connectivity index (χ3v) is 8.76. The minimum atomic E-state index is -0.187. The molecule has 1 saturated heterocycles. The normalized spacial score (nSPS) is 16.9. The van der Waals surface area contributed by atoms with Crippen LogP contribution in [0.4, 0.5) is 0 Å². The molecule has 228 valence electrons. The lowest BCUT2D eigenvalue weighted by molar-refractivity contribution is -0.0840. The molecule has 4 nitrogen and oxygen atoms in total. The van der Waals surface area contributed by atoms with E-state index in [0.717, 1.165) is 45.7 Å². The van der Waals surface area contributed by atoms with E-state index in [1.54, 1.807) is 0 Å². The molecule has 38 heavy (non-hydrogen) atoms. The van der Waals surface area contributed by atoms with Crippen molar-refractivity contribution in [1.29, 1.82) is 0 Å². The standard InChI is InChI=1S/C34H71N3O/c1-5-7-9-11-13-15-17-19-21-23-25-33(3)31-37(36-29-27-35(4)28-30-36)32-34(38)26-24-22-20-18-16-14-12-10-8-6-2/h33-34,38H,5-32H2,1-4H3. The maximum absolute atomic E-state index is 10.9. The number of likely N-dealkylation sites (N-methyl/N-ethyl adjacent to an activating group) is 1. The fraction of sp³-hybridized carbons (Fsp3) is 1.00. The second kappa shape index (κ2) is 25.8. The molecule has 0 saturated carbocycles. The van der Waals surface area contributed by atoms with Crippen molar-refractivity contribution in [2.24, 2.45) is 5.92 Å². The summed E-state index contributed by atoms with van der Waals surface area (Å²) in [6.07, 6.45) is 29.9. The molecule has 1 aliphatic heterocycles. The van der Waals surface area contributed by atoms with Gasteiger partial charge in [-0.15, -0.1) is 0 Å². The van der Waals surface area contributed by atoms with Gasteiger partial charge >= 0.3 is 0 Å². The number of unbranched alkanes of at least 4 members (excludes halogenated alkanes) is 18. The van der Waals surface area contributed by atoms with E-state index in [1.807, 2.05) is 0 Å². The maximum Gasteiger partial charge on any atom is 0.0681 e. The number of aliphatic hydroxyl groups excluding tert-OH is 1. The van der Waals surface area contributed by atoms with Crippen LogP contribution in [-0.4, -0.2) is 72.4 Å². The zero-order chi connectivity index (χ0) is 27.7. The van der Waals surface area contributed by atoms with Crippen LogP contribution in [0.1, 0.15) is 162 Å². The van der Waals surface area contributed by atoms with E-state index >= 15 is 0 Å². The highest BCUT2D eigenvalue weighted by Crippen LogP contribution is 2.18. The molecular formula is C34H71N3O. The van der Waals surface area contributed by atoms with Gasteiger partial charge in [0, 0.05) is 39.3 Å². The van der Waals surface area contributed by atoms with E-state index in [0.29, 0.717) is 5.92 Å². The second-order valence-corrected chi connectivity index (χ2v) is 12.8. The first-order valence-electron chi connectivity index (χ1n) is 17.4. The Kier molecular flexibility index (Phi) is 24.3. The zero-order valence-corrected chi connectivity index (χ0v) is 26.7. The van der Waals surface area contributed by atoms with E-state index < -0.39 is 0 Å². The molecule has 1 heterocycles. The highest BCUT2D eigenvalue weighted by Gasteiger charge is 2.24. The Hall–Kier alpha value is -0.160. The van der Waals surface area contributed by atoms with Gasteiger partial charge in [-0.2, -0.15) is 0 Å². The van der Waals surface area contributed by atoms with Crippen LogP contribution in [0.2, 0.25) is 0 Å². The molecule has 1 N–H and O–H groups in total. The molecule has 0 aliphatic carbocycles. The van der Waals surface area contributed by atoms with Gasteiger partial charge < -0.3 is 10.0 Å². The van der Waals surface area contributed by atoms with E-state index in [2.05, 4.69) is 42.7 Å². The Morgan fingerprint density at radius 1 is 0.553 bits per heavy atom. The molecule has 0 amide bonds. The second-order valence-electron chi connectivity index (χ2n) is 12.8. The predicted molar refractivity (Wildman–Crippen MR) is 169 cm³/mol. The van der Waals surface area contributed by atoms with Crippen molar-refractivity contribution in [3.63, 3.8) is 0 Å². The summed E-state index contributed by atoms with van der Waals surface area (Å²) < 4.78 is 0. The highest BCUT2D eigenvalue weighted by molar-refractivity contribution is 4.73. The summed E-state index contributed by atoms with van der Waals surface area (Å²) in [6.45, 7) is 13.4. The number of hydrogen-bond acceptors (Lipinski definition) is 4. The molecule has 0 bridgehead atoms. The summed E-state index contributed by atoms with van der Waals surface area (Å²) in [5.41, 5.74) is 0. The van der Waals surface area contributed by atoms with E-state index in [1.165, 1.54) is 135 Å². The van der Waals surface area contributed by atoms with E-state index in [4.69, 9.17) is 0 Å². The fourth-order valence-electron chi connectivity index (χ4n) is 6.02. The van der Waals surface area contributed by atoms with Crippen LogP contribution in [-0.2, 0) is 0 Å². The fourth-order valence-corrected chi connectivity index (χ4v) is 6.02. The van der Waals surface area contributed by atoms with Crippen molar-refractivity contribution >= 4 is 0 Å². The number of nitrogens with zero attached hydrogens (tertiary/aromatic N) is 3. The molecule has 0 spiro atoms. The van der Waals surface area contributed by atoms with Gasteiger partial charge in [-0.25, -0.2) is 10.0 Å². The van der Waals surface area contributed by atoms with Crippen LogP contribution in [0, 0.1) is 5.92 Å². The quantitative estimate of drug-likeness (QED) is 0.106. The summed E-state index contributed by atoms with van der Waals surface area (Å²) >= 11 is 0. The first kappa shape index (κ1) is 35.9. The summed E-state index contributed by atoms with van der Waals surface area (Å²) in [5, 5.41) is 16.0. The average Bonchev–Trinajstić information content (AvgIpc) is 2.91. The Morgan fingerprint density at radius 2 is 0.947 bits per heavy atom. The Bertz CT molecular complexity index is 448. The molecule has 0 aromatic rings. The first-order valence-corrected chi connectivity index (χ1v) is 17.4. The Morgan fingerprint density at radius 3 is 1.39 bits per heavy atom. The molecule has 1 rings (SSSR count). The molecule has 1 fully saturated rings. The summed E-state index contributed by atoms with van der Waals surface area (Å²) in [7, 11) is 2.23. The lowest BCUT2D eigenvalue weighted by atomic mass is 10.0. The monoisotopic (exact) mass is 538 g/mol. The van der Waals surface area contributed by atoms with Gasteiger partial charge in [-0.3, -0.25) is 0 Å². The molecule has 2 atom stereocenters. The van der Waals surface area contributed by atoms with Gasteiger partial charge in [0.15, 0.2) is 0 Å². The van der Waals surface area contributed by atoms with Crippen molar-refractivity contribution in [2.45, 2.75) is 168 Å². The number of hydrazine groups is 1. The van der Waals surface area contributed by atoms with Gasteiger partial charge in [0.05, 0.1) is 6.10 Å². The van der Waals surface area contributed by atoms with Crippen molar-refractivity contribution < 1.29 is 5.11 Å². The number of piperazine rings is 1. The van der Waals surface area contributed by atoms with Gasteiger partial charge in [-0.1, -0.05) is 149 Å². The minimum Gasteiger partial charge on any atom is -0.392 e. The van der Waals surface area contributed by atoms with Gasteiger partial charge in [0.25, 0.3) is 0 Å². The van der Waals surface area contributed by atoms with Gasteiger partial charge in [0.2, 0.25) is 0 Å². The lowest BCUT2D eigenvalue weighted by Crippen LogP contribution is -2.55. The third kappa shape index (κ3) is 20.7. The lowest BCUT2D eigenvalue weighted by Gasteiger charge is -2.42. The summed E-state index contributed by atoms with van der Waals surface area (Å²) in [4.78, 5) is 2.43.